The molecule has 0 radical (unpaired) electrons. The van der Waals surface area contributed by atoms with Crippen LogP contribution < -0.4 is 5.32 Å². The number of aromatic amines is 1. The van der Waals surface area contributed by atoms with Crippen LogP contribution in [0.5, 0.6) is 0 Å². The van der Waals surface area contributed by atoms with Crippen LogP contribution in [0.1, 0.15) is 16.3 Å². The van der Waals surface area contributed by atoms with Gasteiger partial charge >= 0.3 is 0 Å². The minimum atomic E-state index is -0.239. The van der Waals surface area contributed by atoms with Gasteiger partial charge in [0.05, 0.1) is 12.2 Å². The second-order valence-electron chi connectivity index (χ2n) is 4.42. The van der Waals surface area contributed by atoms with E-state index < -0.39 is 0 Å². The third-order valence-electron chi connectivity index (χ3n) is 2.98. The summed E-state index contributed by atoms with van der Waals surface area (Å²) in [4.78, 5) is 12.1. The lowest BCUT2D eigenvalue weighted by Crippen LogP contribution is -2.25. The number of benzene rings is 1. The van der Waals surface area contributed by atoms with Gasteiger partial charge in [-0.3, -0.25) is 9.48 Å². The number of nitrogens with zero attached hydrogens (tertiary/aromatic N) is 5. The van der Waals surface area contributed by atoms with Gasteiger partial charge in [-0.15, -0.1) is 10.2 Å². The van der Waals surface area contributed by atoms with Crippen molar-refractivity contribution in [2.45, 2.75) is 6.54 Å². The van der Waals surface area contributed by atoms with Crippen molar-refractivity contribution in [1.29, 1.82) is 0 Å². The molecule has 0 aliphatic carbocycles. The SMILES string of the molecule is Cn1nc(-c2ccccc2)cc1C(=O)NCc1nn[nH]n1. The topological polar surface area (TPSA) is 101 Å². The van der Waals surface area contributed by atoms with Gasteiger partial charge in [0.2, 0.25) is 0 Å². The fourth-order valence-corrected chi connectivity index (χ4v) is 1.94. The summed E-state index contributed by atoms with van der Waals surface area (Å²) in [5, 5.41) is 20.4. The minimum absolute atomic E-state index is 0.210. The number of tetrazole rings is 1. The molecule has 0 bridgehead atoms. The van der Waals surface area contributed by atoms with Crippen molar-refractivity contribution < 1.29 is 4.79 Å². The summed E-state index contributed by atoms with van der Waals surface area (Å²) < 4.78 is 1.55. The van der Waals surface area contributed by atoms with E-state index in [2.05, 4.69) is 31.0 Å². The Hall–Kier alpha value is -3.03. The summed E-state index contributed by atoms with van der Waals surface area (Å²) in [6, 6.07) is 11.4. The number of hydrogen-bond donors (Lipinski definition) is 2. The van der Waals surface area contributed by atoms with E-state index in [0.717, 1.165) is 11.3 Å². The van der Waals surface area contributed by atoms with Crippen LogP contribution in [0.4, 0.5) is 0 Å². The fraction of sp³-hybridized carbons (Fsp3) is 0.154. The summed E-state index contributed by atoms with van der Waals surface area (Å²) in [5.74, 6) is 0.186. The molecule has 2 heterocycles. The van der Waals surface area contributed by atoms with Crippen molar-refractivity contribution in [2.75, 3.05) is 0 Å². The standard InChI is InChI=1S/C13H13N7O/c1-20-11(13(21)14-8-12-15-18-19-16-12)7-10(17-20)9-5-3-2-4-6-9/h2-7H,8H2,1H3,(H,14,21)(H,15,16,18,19). The highest BCUT2D eigenvalue weighted by Crippen LogP contribution is 2.18. The van der Waals surface area contributed by atoms with E-state index in [1.54, 1.807) is 17.8 Å². The zero-order valence-corrected chi connectivity index (χ0v) is 11.3. The molecule has 0 saturated carbocycles. The van der Waals surface area contributed by atoms with Gasteiger partial charge < -0.3 is 5.32 Å². The largest absolute Gasteiger partial charge is 0.343 e. The van der Waals surface area contributed by atoms with Crippen LogP contribution in [0.2, 0.25) is 0 Å². The Morgan fingerprint density at radius 3 is 2.86 bits per heavy atom. The van der Waals surface area contributed by atoms with Gasteiger partial charge in [-0.1, -0.05) is 35.5 Å². The molecule has 0 unspecified atom stereocenters. The van der Waals surface area contributed by atoms with Gasteiger partial charge in [0, 0.05) is 12.6 Å². The van der Waals surface area contributed by atoms with E-state index in [0.29, 0.717) is 11.5 Å². The lowest BCUT2D eigenvalue weighted by Gasteiger charge is -2.01. The van der Waals surface area contributed by atoms with Gasteiger partial charge in [-0.25, -0.2) is 0 Å². The number of carbonyl (C=O) groups excluding carboxylic acids is 1. The maximum atomic E-state index is 12.1. The normalized spacial score (nSPS) is 10.5. The fourth-order valence-electron chi connectivity index (χ4n) is 1.94. The average Bonchev–Trinajstić information content (AvgIpc) is 3.15. The molecule has 106 valence electrons. The molecule has 0 spiro atoms. The quantitative estimate of drug-likeness (QED) is 0.727. The average molecular weight is 283 g/mol. The van der Waals surface area contributed by atoms with Crippen LogP contribution in [-0.4, -0.2) is 36.3 Å². The molecule has 21 heavy (non-hydrogen) atoms. The molecule has 2 N–H and O–H groups in total. The zero-order chi connectivity index (χ0) is 14.7. The highest BCUT2D eigenvalue weighted by atomic mass is 16.2. The van der Waals surface area contributed by atoms with E-state index in [4.69, 9.17) is 0 Å². The molecule has 0 aliphatic heterocycles. The van der Waals surface area contributed by atoms with Crippen LogP contribution >= 0.6 is 0 Å². The Labute approximate surface area is 120 Å². The number of amides is 1. The number of nitrogens with one attached hydrogen (secondary N) is 2. The van der Waals surface area contributed by atoms with Crippen LogP contribution in [0, 0.1) is 0 Å². The minimum Gasteiger partial charge on any atom is -0.343 e. The number of aryl methyl sites for hydroxylation is 1. The van der Waals surface area contributed by atoms with Crippen molar-refractivity contribution in [3.05, 3.63) is 47.9 Å². The Kier molecular flexibility index (Phi) is 3.42. The first-order chi connectivity index (χ1) is 10.2. The van der Waals surface area contributed by atoms with E-state index in [9.17, 15) is 4.79 Å². The first kappa shape index (κ1) is 13.0. The molecule has 1 aromatic carbocycles. The first-order valence-electron chi connectivity index (χ1n) is 6.34. The molecule has 8 nitrogen and oxygen atoms in total. The van der Waals surface area contributed by atoms with Gasteiger partial charge in [-0.05, 0) is 6.07 Å². The van der Waals surface area contributed by atoms with E-state index in [-0.39, 0.29) is 12.5 Å². The Morgan fingerprint density at radius 1 is 1.33 bits per heavy atom. The van der Waals surface area contributed by atoms with Crippen molar-refractivity contribution in [3.63, 3.8) is 0 Å². The van der Waals surface area contributed by atoms with E-state index in [1.165, 1.54) is 0 Å². The third-order valence-corrected chi connectivity index (χ3v) is 2.98. The van der Waals surface area contributed by atoms with E-state index >= 15 is 0 Å². The Bertz CT molecular complexity index is 733. The van der Waals surface area contributed by atoms with Crippen LogP contribution in [-0.2, 0) is 13.6 Å². The summed E-state index contributed by atoms with van der Waals surface area (Å²) in [5.41, 5.74) is 2.19. The van der Waals surface area contributed by atoms with Crippen molar-refractivity contribution in [3.8, 4) is 11.3 Å². The molecule has 1 amide bonds. The molecular weight excluding hydrogens is 270 g/mol. The smallest absolute Gasteiger partial charge is 0.269 e. The molecule has 3 aromatic rings. The summed E-state index contributed by atoms with van der Waals surface area (Å²) in [6.07, 6.45) is 0. The molecule has 0 atom stereocenters. The third kappa shape index (κ3) is 2.78. The van der Waals surface area contributed by atoms with E-state index in [1.807, 2.05) is 30.3 Å². The molecular formula is C13H13N7O. The van der Waals surface area contributed by atoms with Gasteiger partial charge in [0.15, 0.2) is 5.82 Å². The molecule has 0 fully saturated rings. The van der Waals surface area contributed by atoms with Crippen LogP contribution in [0.15, 0.2) is 36.4 Å². The van der Waals surface area contributed by atoms with Gasteiger partial charge in [0.1, 0.15) is 5.69 Å². The lowest BCUT2D eigenvalue weighted by molar-refractivity contribution is 0.0940. The van der Waals surface area contributed by atoms with Gasteiger partial charge in [-0.2, -0.15) is 10.3 Å². The highest BCUT2D eigenvalue weighted by molar-refractivity contribution is 5.93. The predicted molar refractivity (Wildman–Crippen MR) is 74.0 cm³/mol. The lowest BCUT2D eigenvalue weighted by atomic mass is 10.1. The molecule has 3 rings (SSSR count). The second-order valence-corrected chi connectivity index (χ2v) is 4.42. The van der Waals surface area contributed by atoms with Crippen molar-refractivity contribution >= 4 is 5.91 Å². The van der Waals surface area contributed by atoms with Gasteiger partial charge in [0.25, 0.3) is 5.91 Å². The predicted octanol–water partition coefficient (Wildman–Crippen LogP) is 0.530. The summed E-state index contributed by atoms with van der Waals surface area (Å²) >= 11 is 0. The maximum absolute atomic E-state index is 12.1. The zero-order valence-electron chi connectivity index (χ0n) is 11.3. The second kappa shape index (κ2) is 5.53. The van der Waals surface area contributed by atoms with Crippen molar-refractivity contribution in [2.24, 2.45) is 7.05 Å². The van der Waals surface area contributed by atoms with Crippen molar-refractivity contribution in [1.82, 2.24) is 35.7 Å². The monoisotopic (exact) mass is 283 g/mol. The molecule has 2 aromatic heterocycles. The first-order valence-corrected chi connectivity index (χ1v) is 6.34. The number of H-pyrrole nitrogens is 1. The number of hydrogen-bond acceptors (Lipinski definition) is 5. The van der Waals surface area contributed by atoms with Crippen LogP contribution in [0.3, 0.4) is 0 Å². The Balaban J connectivity index is 1.76. The maximum Gasteiger partial charge on any atom is 0.269 e. The molecule has 8 heteroatoms. The van der Waals surface area contributed by atoms with Crippen LogP contribution in [0.25, 0.3) is 11.3 Å². The Morgan fingerprint density at radius 2 is 2.14 bits per heavy atom. The molecule has 0 saturated heterocycles. The number of rotatable bonds is 4. The number of carbonyl (C=O) groups is 1. The highest BCUT2D eigenvalue weighted by Gasteiger charge is 2.14. The molecule has 0 aliphatic rings. The summed E-state index contributed by atoms with van der Waals surface area (Å²) in [7, 11) is 1.73. The summed E-state index contributed by atoms with van der Waals surface area (Å²) in [6.45, 7) is 0.210. The number of aromatic nitrogens is 6.